The van der Waals surface area contributed by atoms with E-state index in [0.29, 0.717) is 30.3 Å². The van der Waals surface area contributed by atoms with Crippen molar-refractivity contribution < 1.29 is 23.8 Å². The summed E-state index contributed by atoms with van der Waals surface area (Å²) in [6.45, 7) is 5.42. The molecule has 2 aromatic carbocycles. The summed E-state index contributed by atoms with van der Waals surface area (Å²) >= 11 is 1.45. The number of nitrogens with zero attached hydrogens (tertiary/aromatic N) is 2. The van der Waals surface area contributed by atoms with E-state index in [1.54, 1.807) is 32.4 Å². The van der Waals surface area contributed by atoms with Gasteiger partial charge in [-0.3, -0.25) is 9.59 Å². The fraction of sp³-hybridized carbons (Fsp3) is 0.385. The van der Waals surface area contributed by atoms with Crippen molar-refractivity contribution in [2.24, 2.45) is 0 Å². The van der Waals surface area contributed by atoms with Gasteiger partial charge in [0.25, 0.3) is 0 Å². The third-order valence-electron chi connectivity index (χ3n) is 5.86. The second kappa shape index (κ2) is 11.0. The Labute approximate surface area is 209 Å². The second-order valence-corrected chi connectivity index (χ2v) is 9.62. The summed E-state index contributed by atoms with van der Waals surface area (Å²) in [5, 5.41) is 3.92. The zero-order chi connectivity index (χ0) is 24.9. The molecule has 186 valence electrons. The molecule has 9 heteroatoms. The fourth-order valence-electron chi connectivity index (χ4n) is 4.34. The van der Waals surface area contributed by atoms with Crippen LogP contribution in [0.15, 0.2) is 53.6 Å². The van der Waals surface area contributed by atoms with Crippen LogP contribution in [0.4, 0.5) is 5.69 Å². The highest BCUT2D eigenvalue weighted by molar-refractivity contribution is 8.00. The molecule has 1 aromatic heterocycles. The average molecular weight is 498 g/mol. The lowest BCUT2D eigenvalue weighted by molar-refractivity contribution is -0.143. The Bertz CT molecular complexity index is 1200. The second-order valence-electron chi connectivity index (χ2n) is 8.60. The van der Waals surface area contributed by atoms with E-state index in [0.717, 1.165) is 15.8 Å². The first-order chi connectivity index (χ1) is 16.9. The van der Waals surface area contributed by atoms with E-state index < -0.39 is 0 Å². The van der Waals surface area contributed by atoms with E-state index in [4.69, 9.17) is 14.2 Å². The van der Waals surface area contributed by atoms with Gasteiger partial charge in [0.1, 0.15) is 6.54 Å². The number of thioether (sulfide) groups is 1. The van der Waals surface area contributed by atoms with Crippen LogP contribution in [0.3, 0.4) is 0 Å². The van der Waals surface area contributed by atoms with Crippen LogP contribution in [0.2, 0.25) is 0 Å². The Morgan fingerprint density at radius 3 is 2.49 bits per heavy atom. The molecule has 2 atom stereocenters. The molecule has 2 heterocycles. The highest BCUT2D eigenvalue weighted by Crippen LogP contribution is 2.32. The summed E-state index contributed by atoms with van der Waals surface area (Å²) in [7, 11) is 3.12. The van der Waals surface area contributed by atoms with Gasteiger partial charge in [0.05, 0.1) is 32.2 Å². The third kappa shape index (κ3) is 5.91. The molecule has 1 N–H and O–H groups in total. The number of nitrogens with one attached hydrogen (secondary N) is 1. The number of morpholine rings is 1. The van der Waals surface area contributed by atoms with Gasteiger partial charge in [-0.1, -0.05) is 18.2 Å². The van der Waals surface area contributed by atoms with Crippen molar-refractivity contribution >= 4 is 40.2 Å². The van der Waals surface area contributed by atoms with Gasteiger partial charge in [-0.25, -0.2) is 0 Å². The number of amides is 2. The maximum absolute atomic E-state index is 13.0. The highest BCUT2D eigenvalue weighted by atomic mass is 32.2. The lowest BCUT2D eigenvalue weighted by Crippen LogP contribution is -2.49. The van der Waals surface area contributed by atoms with Gasteiger partial charge in [0.2, 0.25) is 11.8 Å². The van der Waals surface area contributed by atoms with Crippen molar-refractivity contribution in [2.45, 2.75) is 37.5 Å². The van der Waals surface area contributed by atoms with E-state index >= 15 is 0 Å². The molecular weight excluding hydrogens is 466 g/mol. The maximum atomic E-state index is 13.0. The molecule has 1 aliphatic rings. The summed E-state index contributed by atoms with van der Waals surface area (Å²) in [5.41, 5.74) is 1.60. The molecule has 3 aromatic rings. The van der Waals surface area contributed by atoms with Gasteiger partial charge in [0, 0.05) is 46.8 Å². The quantitative estimate of drug-likeness (QED) is 0.474. The van der Waals surface area contributed by atoms with Gasteiger partial charge < -0.3 is 29.0 Å². The number of carbonyl (C=O) groups excluding carboxylic acids is 2. The number of para-hydroxylation sites is 1. The van der Waals surface area contributed by atoms with Crippen molar-refractivity contribution in [3.63, 3.8) is 0 Å². The molecule has 1 saturated heterocycles. The van der Waals surface area contributed by atoms with Crippen LogP contribution in [0.1, 0.15) is 13.8 Å². The predicted molar refractivity (Wildman–Crippen MR) is 137 cm³/mol. The standard InChI is InChI=1S/C26H31N3O5S/c1-17-12-29(13-18(2)34-17)26(31)15-28-14-24(20-7-5-6-8-21(20)28)35-16-25(30)27-19-9-10-22(32-3)23(11-19)33-4/h5-11,14,17-18H,12-13,15-16H2,1-4H3,(H,27,30)/t17-,18+. The molecule has 0 bridgehead atoms. The van der Waals surface area contributed by atoms with Crippen molar-refractivity contribution in [2.75, 3.05) is 38.4 Å². The summed E-state index contributed by atoms with van der Waals surface area (Å²) < 4.78 is 18.3. The summed E-state index contributed by atoms with van der Waals surface area (Å²) in [5.74, 6) is 1.31. The van der Waals surface area contributed by atoms with E-state index in [9.17, 15) is 9.59 Å². The van der Waals surface area contributed by atoms with Crippen molar-refractivity contribution in [3.05, 3.63) is 48.7 Å². The van der Waals surface area contributed by atoms with Crippen LogP contribution in [-0.2, 0) is 20.9 Å². The Balaban J connectivity index is 1.44. The zero-order valence-electron chi connectivity index (χ0n) is 20.4. The van der Waals surface area contributed by atoms with Gasteiger partial charge in [0.15, 0.2) is 11.5 Å². The number of fused-ring (bicyclic) bond motifs is 1. The molecule has 0 spiro atoms. The van der Waals surface area contributed by atoms with Crippen LogP contribution in [-0.4, -0.2) is 66.6 Å². The summed E-state index contributed by atoms with van der Waals surface area (Å²) in [4.78, 5) is 28.5. The molecule has 0 radical (unpaired) electrons. The number of carbonyl (C=O) groups is 2. The number of benzene rings is 2. The fourth-order valence-corrected chi connectivity index (χ4v) is 5.23. The van der Waals surface area contributed by atoms with E-state index in [1.165, 1.54) is 11.8 Å². The number of rotatable bonds is 8. The molecule has 0 saturated carbocycles. The molecule has 1 aliphatic heterocycles. The van der Waals surface area contributed by atoms with Crippen LogP contribution >= 0.6 is 11.8 Å². The first-order valence-electron chi connectivity index (χ1n) is 11.5. The van der Waals surface area contributed by atoms with Gasteiger partial charge in [-0.05, 0) is 32.0 Å². The van der Waals surface area contributed by atoms with Crippen LogP contribution in [0.25, 0.3) is 10.9 Å². The van der Waals surface area contributed by atoms with E-state index in [1.807, 2.05) is 53.8 Å². The SMILES string of the molecule is COc1ccc(NC(=O)CSc2cn(CC(=O)N3C[C@@H](C)O[C@@H](C)C3)c3ccccc23)cc1OC. The highest BCUT2D eigenvalue weighted by Gasteiger charge is 2.26. The summed E-state index contributed by atoms with van der Waals surface area (Å²) in [6, 6.07) is 13.2. The van der Waals surface area contributed by atoms with Crippen molar-refractivity contribution in [1.29, 1.82) is 0 Å². The molecule has 35 heavy (non-hydrogen) atoms. The molecular formula is C26H31N3O5S. The molecule has 0 unspecified atom stereocenters. The van der Waals surface area contributed by atoms with Gasteiger partial charge in [-0.15, -0.1) is 11.8 Å². The largest absolute Gasteiger partial charge is 0.493 e. The topological polar surface area (TPSA) is 82.0 Å². The first kappa shape index (κ1) is 24.9. The number of ether oxygens (including phenoxy) is 3. The van der Waals surface area contributed by atoms with Crippen LogP contribution < -0.4 is 14.8 Å². The Hall–Kier alpha value is -3.17. The minimum absolute atomic E-state index is 0.0272. The number of hydrogen-bond acceptors (Lipinski definition) is 6. The van der Waals surface area contributed by atoms with Crippen molar-refractivity contribution in [1.82, 2.24) is 9.47 Å². The van der Waals surface area contributed by atoms with E-state index in [2.05, 4.69) is 5.32 Å². The zero-order valence-corrected chi connectivity index (χ0v) is 21.3. The predicted octanol–water partition coefficient (Wildman–Crippen LogP) is 4.03. The number of methoxy groups -OCH3 is 2. The third-order valence-corrected chi connectivity index (χ3v) is 6.90. The molecule has 0 aliphatic carbocycles. The van der Waals surface area contributed by atoms with Crippen LogP contribution in [0.5, 0.6) is 11.5 Å². The average Bonchev–Trinajstić information content (AvgIpc) is 3.19. The molecule has 4 rings (SSSR count). The van der Waals surface area contributed by atoms with Crippen molar-refractivity contribution in [3.8, 4) is 11.5 Å². The van der Waals surface area contributed by atoms with Crippen LogP contribution in [0, 0.1) is 0 Å². The lowest BCUT2D eigenvalue weighted by atomic mass is 10.2. The smallest absolute Gasteiger partial charge is 0.242 e. The Kier molecular flexibility index (Phi) is 7.87. The van der Waals surface area contributed by atoms with Gasteiger partial charge >= 0.3 is 0 Å². The number of aromatic nitrogens is 1. The number of anilines is 1. The Morgan fingerprint density at radius 1 is 1.06 bits per heavy atom. The molecule has 1 fully saturated rings. The summed E-state index contributed by atoms with van der Waals surface area (Å²) in [6.07, 6.45) is 2.02. The molecule has 8 nitrogen and oxygen atoms in total. The lowest BCUT2D eigenvalue weighted by Gasteiger charge is -2.35. The minimum Gasteiger partial charge on any atom is -0.493 e. The normalized spacial score (nSPS) is 17.9. The minimum atomic E-state index is -0.133. The molecule has 2 amide bonds. The van der Waals surface area contributed by atoms with E-state index in [-0.39, 0.29) is 36.3 Å². The first-order valence-corrected chi connectivity index (χ1v) is 12.5. The number of hydrogen-bond donors (Lipinski definition) is 1. The monoisotopic (exact) mass is 497 g/mol. The maximum Gasteiger partial charge on any atom is 0.242 e. The Morgan fingerprint density at radius 2 is 1.77 bits per heavy atom. The van der Waals surface area contributed by atoms with Gasteiger partial charge in [-0.2, -0.15) is 0 Å².